The Hall–Kier alpha value is -2.51. The quantitative estimate of drug-likeness (QED) is 0.354. The highest BCUT2D eigenvalue weighted by Gasteiger charge is 2.44. The highest BCUT2D eigenvalue weighted by molar-refractivity contribution is 6.20. The van der Waals surface area contributed by atoms with Crippen molar-refractivity contribution in [2.24, 2.45) is 5.41 Å². The summed E-state index contributed by atoms with van der Waals surface area (Å²) in [6.45, 7) is 2.78. The lowest BCUT2D eigenvalue weighted by Crippen LogP contribution is -2.38. The minimum Gasteiger partial charge on any atom is -0.494 e. The lowest BCUT2D eigenvalue weighted by molar-refractivity contribution is -0.144. The van der Waals surface area contributed by atoms with Gasteiger partial charge in [-0.05, 0) is 67.5 Å². The lowest BCUT2D eigenvalue weighted by Gasteiger charge is -2.30. The Morgan fingerprint density at radius 1 is 1.14 bits per heavy atom. The third kappa shape index (κ3) is 4.66. The summed E-state index contributed by atoms with van der Waals surface area (Å²) < 4.78 is 11.1. The van der Waals surface area contributed by atoms with Crippen LogP contribution < -0.4 is 9.47 Å². The van der Waals surface area contributed by atoms with E-state index < -0.39 is 11.4 Å². The second-order valence-electron chi connectivity index (χ2n) is 7.17. The zero-order valence-electron chi connectivity index (χ0n) is 16.0. The number of benzene rings is 2. The molecule has 146 valence electrons. The molecular formula is C23H24ClNO3. The van der Waals surface area contributed by atoms with E-state index in [1.807, 2.05) is 36.4 Å². The predicted molar refractivity (Wildman–Crippen MR) is 109 cm³/mol. The topological polar surface area (TPSA) is 59.3 Å². The molecule has 1 saturated carbocycles. The van der Waals surface area contributed by atoms with Crippen molar-refractivity contribution in [3.05, 3.63) is 48.5 Å². The molecule has 0 amide bonds. The SMILES string of the molecule is CCCOc1ccc(-c2ccc(OC(=O)C3(C#N)CCCC(Cl)C3)cc2)cc1. The van der Waals surface area contributed by atoms with Gasteiger partial charge in [-0.3, -0.25) is 0 Å². The maximum atomic E-state index is 12.6. The fraction of sp³-hybridized carbons (Fsp3) is 0.391. The van der Waals surface area contributed by atoms with Crippen molar-refractivity contribution < 1.29 is 14.3 Å². The molecule has 0 aliphatic heterocycles. The zero-order chi connectivity index (χ0) is 20.0. The van der Waals surface area contributed by atoms with Gasteiger partial charge < -0.3 is 9.47 Å². The van der Waals surface area contributed by atoms with Crippen molar-refractivity contribution in [3.8, 4) is 28.7 Å². The molecule has 1 aliphatic rings. The van der Waals surface area contributed by atoms with E-state index in [-0.39, 0.29) is 5.38 Å². The first kappa shape index (κ1) is 20.2. The molecule has 0 bridgehead atoms. The number of carbonyl (C=O) groups is 1. The molecule has 5 heteroatoms. The van der Waals surface area contributed by atoms with Gasteiger partial charge in [0.25, 0.3) is 0 Å². The third-order valence-corrected chi connectivity index (χ3v) is 5.39. The molecule has 0 aromatic heterocycles. The van der Waals surface area contributed by atoms with Gasteiger partial charge in [-0.15, -0.1) is 11.6 Å². The number of rotatable bonds is 6. The summed E-state index contributed by atoms with van der Waals surface area (Å²) in [6.07, 6.45) is 3.40. The lowest BCUT2D eigenvalue weighted by atomic mass is 9.75. The third-order valence-electron chi connectivity index (χ3n) is 5.02. The predicted octanol–water partition coefficient (Wildman–Crippen LogP) is 5.74. The van der Waals surface area contributed by atoms with Crippen LogP contribution >= 0.6 is 11.6 Å². The Labute approximate surface area is 171 Å². The van der Waals surface area contributed by atoms with E-state index in [2.05, 4.69) is 13.0 Å². The van der Waals surface area contributed by atoms with E-state index in [0.29, 0.717) is 25.2 Å². The van der Waals surface area contributed by atoms with Crippen molar-refractivity contribution in [1.82, 2.24) is 0 Å². The molecule has 0 N–H and O–H groups in total. The van der Waals surface area contributed by atoms with Crippen molar-refractivity contribution in [1.29, 1.82) is 5.26 Å². The monoisotopic (exact) mass is 397 g/mol. The zero-order valence-corrected chi connectivity index (χ0v) is 16.7. The fourth-order valence-electron chi connectivity index (χ4n) is 3.42. The Kier molecular flexibility index (Phi) is 6.59. The summed E-state index contributed by atoms with van der Waals surface area (Å²) in [7, 11) is 0. The van der Waals surface area contributed by atoms with Crippen LogP contribution in [-0.4, -0.2) is 18.0 Å². The van der Waals surface area contributed by atoms with E-state index in [1.165, 1.54) is 0 Å². The van der Waals surface area contributed by atoms with Crippen LogP contribution in [0.1, 0.15) is 39.0 Å². The Balaban J connectivity index is 1.67. The van der Waals surface area contributed by atoms with E-state index >= 15 is 0 Å². The van der Waals surface area contributed by atoms with Gasteiger partial charge in [0.2, 0.25) is 0 Å². The van der Waals surface area contributed by atoms with Gasteiger partial charge in [-0.25, -0.2) is 4.79 Å². The summed E-state index contributed by atoms with van der Waals surface area (Å²) in [6, 6.07) is 17.3. The van der Waals surface area contributed by atoms with Crippen LogP contribution in [0.4, 0.5) is 0 Å². The molecule has 2 atom stereocenters. The molecule has 2 aromatic rings. The highest BCUT2D eigenvalue weighted by atomic mass is 35.5. The maximum Gasteiger partial charge on any atom is 0.331 e. The molecule has 0 spiro atoms. The van der Waals surface area contributed by atoms with E-state index in [4.69, 9.17) is 21.1 Å². The molecule has 0 saturated heterocycles. The van der Waals surface area contributed by atoms with Crippen LogP contribution in [0.3, 0.4) is 0 Å². The molecule has 4 nitrogen and oxygen atoms in total. The standard InChI is InChI=1S/C23H24ClNO3/c1-2-14-27-20-9-5-17(6-10-20)18-7-11-21(12-8-18)28-22(26)23(16-25)13-3-4-19(24)15-23/h5-12,19H,2-4,13-15H2,1H3. The Bertz CT molecular complexity index is 842. The molecule has 2 aromatic carbocycles. The van der Waals surface area contributed by atoms with Gasteiger partial charge in [0.1, 0.15) is 11.5 Å². The van der Waals surface area contributed by atoms with Crippen LogP contribution in [0, 0.1) is 16.7 Å². The number of nitriles is 1. The molecule has 2 unspecified atom stereocenters. The first-order valence-electron chi connectivity index (χ1n) is 9.67. The summed E-state index contributed by atoms with van der Waals surface area (Å²) >= 11 is 6.19. The summed E-state index contributed by atoms with van der Waals surface area (Å²) in [5.74, 6) is 0.775. The molecule has 0 radical (unpaired) electrons. The van der Waals surface area contributed by atoms with Gasteiger partial charge in [-0.2, -0.15) is 5.26 Å². The molecule has 1 fully saturated rings. The fourth-order valence-corrected chi connectivity index (χ4v) is 3.84. The van der Waals surface area contributed by atoms with Crippen molar-refractivity contribution in [2.75, 3.05) is 6.61 Å². The Morgan fingerprint density at radius 3 is 2.29 bits per heavy atom. The first-order valence-corrected chi connectivity index (χ1v) is 10.1. The van der Waals surface area contributed by atoms with Crippen LogP contribution in [-0.2, 0) is 4.79 Å². The average molecular weight is 398 g/mol. The number of halogens is 1. The summed E-state index contributed by atoms with van der Waals surface area (Å²) in [4.78, 5) is 12.6. The molecule has 28 heavy (non-hydrogen) atoms. The molecular weight excluding hydrogens is 374 g/mol. The van der Waals surface area contributed by atoms with Gasteiger partial charge in [-0.1, -0.05) is 31.2 Å². The molecule has 0 heterocycles. The number of alkyl halides is 1. The maximum absolute atomic E-state index is 12.6. The largest absolute Gasteiger partial charge is 0.494 e. The number of esters is 1. The molecule has 3 rings (SSSR count). The van der Waals surface area contributed by atoms with Gasteiger partial charge in [0, 0.05) is 5.38 Å². The van der Waals surface area contributed by atoms with Crippen LogP contribution in [0.5, 0.6) is 11.5 Å². The number of hydrogen-bond acceptors (Lipinski definition) is 4. The summed E-state index contributed by atoms with van der Waals surface area (Å²) in [5, 5.41) is 9.40. The number of hydrogen-bond donors (Lipinski definition) is 0. The molecule has 1 aliphatic carbocycles. The van der Waals surface area contributed by atoms with Crippen LogP contribution in [0.25, 0.3) is 11.1 Å². The first-order chi connectivity index (χ1) is 13.6. The van der Waals surface area contributed by atoms with Crippen molar-refractivity contribution in [3.63, 3.8) is 0 Å². The number of nitrogens with zero attached hydrogens (tertiary/aromatic N) is 1. The van der Waals surface area contributed by atoms with Crippen molar-refractivity contribution in [2.45, 2.75) is 44.4 Å². The average Bonchev–Trinajstić information content (AvgIpc) is 2.73. The van der Waals surface area contributed by atoms with Crippen molar-refractivity contribution >= 4 is 17.6 Å². The van der Waals surface area contributed by atoms with E-state index in [1.54, 1.807) is 12.1 Å². The second-order valence-corrected chi connectivity index (χ2v) is 7.79. The van der Waals surface area contributed by atoms with Gasteiger partial charge >= 0.3 is 5.97 Å². The minimum absolute atomic E-state index is 0.160. The Morgan fingerprint density at radius 2 is 1.75 bits per heavy atom. The highest BCUT2D eigenvalue weighted by Crippen LogP contribution is 2.39. The van der Waals surface area contributed by atoms with Crippen LogP contribution in [0.2, 0.25) is 0 Å². The second kappa shape index (κ2) is 9.12. The normalized spacial score (nSPS) is 21.5. The van der Waals surface area contributed by atoms with Gasteiger partial charge in [0.15, 0.2) is 5.41 Å². The summed E-state index contributed by atoms with van der Waals surface area (Å²) in [5.41, 5.74) is 0.917. The van der Waals surface area contributed by atoms with Crippen LogP contribution in [0.15, 0.2) is 48.5 Å². The van der Waals surface area contributed by atoms with Gasteiger partial charge in [0.05, 0.1) is 12.7 Å². The van der Waals surface area contributed by atoms with E-state index in [9.17, 15) is 10.1 Å². The van der Waals surface area contributed by atoms with E-state index in [0.717, 1.165) is 36.1 Å². The number of ether oxygens (including phenoxy) is 2. The number of carbonyl (C=O) groups excluding carboxylic acids is 1. The smallest absolute Gasteiger partial charge is 0.331 e. The minimum atomic E-state index is -1.14.